The molecule has 3 amide bonds. The molecule has 1 saturated heterocycles. The highest BCUT2D eigenvalue weighted by Gasteiger charge is 2.19. The van der Waals surface area contributed by atoms with E-state index in [-0.39, 0.29) is 24.1 Å². The smallest absolute Gasteiger partial charge is 0.251 e. The molecule has 1 aliphatic rings. The van der Waals surface area contributed by atoms with Crippen LogP contribution in [0.25, 0.3) is 10.8 Å². The normalized spacial score (nSPS) is 13.8. The van der Waals surface area contributed by atoms with Gasteiger partial charge in [-0.25, -0.2) is 0 Å². The van der Waals surface area contributed by atoms with Gasteiger partial charge >= 0.3 is 0 Å². The van der Waals surface area contributed by atoms with Gasteiger partial charge in [-0.05, 0) is 35.7 Å². The van der Waals surface area contributed by atoms with Gasteiger partial charge in [0.05, 0.1) is 0 Å². The predicted octanol–water partition coefficient (Wildman–Crippen LogP) is 2.09. The van der Waals surface area contributed by atoms with Gasteiger partial charge in [0.2, 0.25) is 11.8 Å². The summed E-state index contributed by atoms with van der Waals surface area (Å²) >= 11 is 0. The minimum absolute atomic E-state index is 0.0958. The predicted molar refractivity (Wildman–Crippen MR) is 104 cm³/mol. The molecule has 2 aromatic rings. The van der Waals surface area contributed by atoms with E-state index in [9.17, 15) is 14.4 Å². The lowest BCUT2D eigenvalue weighted by Crippen LogP contribution is -2.33. The molecule has 0 spiro atoms. The zero-order chi connectivity index (χ0) is 19.1. The fraction of sp³-hybridized carbons (Fsp3) is 0.381. The molecule has 6 heteroatoms. The number of carbonyl (C=O) groups is 3. The molecule has 0 bridgehead atoms. The summed E-state index contributed by atoms with van der Waals surface area (Å²) in [5.41, 5.74) is 0.587. The quantitative estimate of drug-likeness (QED) is 0.701. The molecule has 6 nitrogen and oxygen atoms in total. The molecule has 27 heavy (non-hydrogen) atoms. The fourth-order valence-corrected chi connectivity index (χ4v) is 3.25. The number of rotatable bonds is 8. The average molecular weight is 367 g/mol. The highest BCUT2D eigenvalue weighted by Crippen LogP contribution is 2.15. The van der Waals surface area contributed by atoms with Crippen LogP contribution in [0, 0.1) is 0 Å². The number of nitrogens with one attached hydrogen (secondary N) is 2. The van der Waals surface area contributed by atoms with Gasteiger partial charge in [0, 0.05) is 44.6 Å². The van der Waals surface area contributed by atoms with Gasteiger partial charge in [-0.1, -0.05) is 30.3 Å². The van der Waals surface area contributed by atoms with Crippen LogP contribution in [-0.4, -0.2) is 48.8 Å². The molecule has 2 aromatic carbocycles. The SMILES string of the molecule is O=C(CCNC(=O)c1ccc2ccccc2c1)NCCCN1CCCC1=O. The van der Waals surface area contributed by atoms with E-state index >= 15 is 0 Å². The zero-order valence-electron chi connectivity index (χ0n) is 15.4. The van der Waals surface area contributed by atoms with Crippen molar-refractivity contribution in [2.24, 2.45) is 0 Å². The van der Waals surface area contributed by atoms with Gasteiger partial charge in [0.15, 0.2) is 0 Å². The molecule has 0 saturated carbocycles. The summed E-state index contributed by atoms with van der Waals surface area (Å²) in [5, 5.41) is 7.71. The number of hydrogen-bond donors (Lipinski definition) is 2. The maximum Gasteiger partial charge on any atom is 0.251 e. The number of hydrogen-bond acceptors (Lipinski definition) is 3. The van der Waals surface area contributed by atoms with Crippen LogP contribution in [0.4, 0.5) is 0 Å². The molecular weight excluding hydrogens is 342 g/mol. The Hall–Kier alpha value is -2.89. The van der Waals surface area contributed by atoms with Crippen molar-refractivity contribution in [1.82, 2.24) is 15.5 Å². The largest absolute Gasteiger partial charge is 0.356 e. The second kappa shape index (κ2) is 9.16. The molecule has 1 fully saturated rings. The third kappa shape index (κ3) is 5.29. The summed E-state index contributed by atoms with van der Waals surface area (Å²) in [6.07, 6.45) is 2.56. The van der Waals surface area contributed by atoms with E-state index < -0.39 is 0 Å². The molecule has 142 valence electrons. The lowest BCUT2D eigenvalue weighted by molar-refractivity contribution is -0.127. The van der Waals surface area contributed by atoms with Gasteiger partial charge in [-0.3, -0.25) is 14.4 Å². The molecule has 0 unspecified atom stereocenters. The standard InChI is InChI=1S/C21H25N3O3/c25-19(22-11-4-14-24-13-3-7-20(24)26)10-12-23-21(27)18-9-8-16-5-1-2-6-17(16)15-18/h1-2,5-6,8-9,15H,3-4,7,10-14H2,(H,22,25)(H,23,27). The number of fused-ring (bicyclic) bond motifs is 1. The Labute approximate surface area is 158 Å². The van der Waals surface area contributed by atoms with Crippen molar-refractivity contribution in [2.45, 2.75) is 25.7 Å². The monoisotopic (exact) mass is 367 g/mol. The maximum absolute atomic E-state index is 12.2. The Morgan fingerprint density at radius 3 is 2.59 bits per heavy atom. The molecular formula is C21H25N3O3. The number of likely N-dealkylation sites (tertiary alicyclic amines) is 1. The van der Waals surface area contributed by atoms with Crippen molar-refractivity contribution in [3.8, 4) is 0 Å². The Balaban J connectivity index is 1.34. The van der Waals surface area contributed by atoms with Crippen LogP contribution in [0.5, 0.6) is 0 Å². The van der Waals surface area contributed by atoms with Crippen LogP contribution in [0.2, 0.25) is 0 Å². The number of amides is 3. The highest BCUT2D eigenvalue weighted by molar-refractivity contribution is 5.98. The zero-order valence-corrected chi connectivity index (χ0v) is 15.4. The molecule has 0 atom stereocenters. The van der Waals surface area contributed by atoms with Gasteiger partial charge < -0.3 is 15.5 Å². The van der Waals surface area contributed by atoms with Crippen LogP contribution in [-0.2, 0) is 9.59 Å². The number of benzene rings is 2. The Bertz CT molecular complexity index is 834. The molecule has 1 heterocycles. The van der Waals surface area contributed by atoms with Crippen LogP contribution in [0.1, 0.15) is 36.0 Å². The third-order valence-corrected chi connectivity index (χ3v) is 4.75. The molecule has 3 rings (SSSR count). The second-order valence-electron chi connectivity index (χ2n) is 6.76. The summed E-state index contributed by atoms with van der Waals surface area (Å²) in [6.45, 7) is 2.36. The van der Waals surface area contributed by atoms with Crippen LogP contribution < -0.4 is 10.6 Å². The van der Waals surface area contributed by atoms with E-state index in [2.05, 4.69) is 10.6 Å². The van der Waals surface area contributed by atoms with E-state index in [4.69, 9.17) is 0 Å². The third-order valence-electron chi connectivity index (χ3n) is 4.75. The summed E-state index contributed by atoms with van der Waals surface area (Å²) in [6, 6.07) is 13.4. The van der Waals surface area contributed by atoms with Crippen LogP contribution >= 0.6 is 0 Å². The molecule has 0 radical (unpaired) electrons. The van der Waals surface area contributed by atoms with E-state index in [1.165, 1.54) is 0 Å². The molecule has 1 aliphatic heterocycles. The van der Waals surface area contributed by atoms with Gasteiger partial charge in [-0.2, -0.15) is 0 Å². The van der Waals surface area contributed by atoms with E-state index in [0.717, 1.165) is 30.2 Å². The van der Waals surface area contributed by atoms with E-state index in [0.29, 0.717) is 31.6 Å². The van der Waals surface area contributed by atoms with Crippen molar-refractivity contribution in [1.29, 1.82) is 0 Å². The number of nitrogens with zero attached hydrogens (tertiary/aromatic N) is 1. The highest BCUT2D eigenvalue weighted by atomic mass is 16.2. The van der Waals surface area contributed by atoms with Gasteiger partial charge in [-0.15, -0.1) is 0 Å². The first-order chi connectivity index (χ1) is 13.1. The average Bonchev–Trinajstić information content (AvgIpc) is 3.09. The van der Waals surface area contributed by atoms with Crippen molar-refractivity contribution in [3.05, 3.63) is 48.0 Å². The second-order valence-corrected chi connectivity index (χ2v) is 6.76. The molecule has 2 N–H and O–H groups in total. The van der Waals surface area contributed by atoms with Gasteiger partial charge in [0.25, 0.3) is 5.91 Å². The summed E-state index contributed by atoms with van der Waals surface area (Å²) in [4.78, 5) is 37.4. The van der Waals surface area contributed by atoms with E-state index in [1.807, 2.05) is 41.3 Å². The maximum atomic E-state index is 12.2. The summed E-state index contributed by atoms with van der Waals surface area (Å²) < 4.78 is 0. The van der Waals surface area contributed by atoms with E-state index in [1.54, 1.807) is 6.07 Å². The lowest BCUT2D eigenvalue weighted by Gasteiger charge is -2.15. The first-order valence-electron chi connectivity index (χ1n) is 9.45. The number of carbonyl (C=O) groups excluding carboxylic acids is 3. The minimum atomic E-state index is -0.180. The molecule has 0 aliphatic carbocycles. The molecule has 0 aromatic heterocycles. The summed E-state index contributed by atoms with van der Waals surface area (Å²) in [7, 11) is 0. The first kappa shape index (κ1) is 18.9. The minimum Gasteiger partial charge on any atom is -0.356 e. The Kier molecular flexibility index (Phi) is 6.41. The van der Waals surface area contributed by atoms with Crippen molar-refractivity contribution >= 4 is 28.5 Å². The lowest BCUT2D eigenvalue weighted by atomic mass is 10.1. The van der Waals surface area contributed by atoms with Crippen LogP contribution in [0.3, 0.4) is 0 Å². The van der Waals surface area contributed by atoms with Gasteiger partial charge in [0.1, 0.15) is 0 Å². The van der Waals surface area contributed by atoms with Crippen molar-refractivity contribution < 1.29 is 14.4 Å². The fourth-order valence-electron chi connectivity index (χ4n) is 3.25. The first-order valence-corrected chi connectivity index (χ1v) is 9.45. The van der Waals surface area contributed by atoms with Crippen molar-refractivity contribution in [3.63, 3.8) is 0 Å². The van der Waals surface area contributed by atoms with Crippen LogP contribution in [0.15, 0.2) is 42.5 Å². The summed E-state index contributed by atoms with van der Waals surface area (Å²) in [5.74, 6) is -0.0691. The Morgan fingerprint density at radius 2 is 1.81 bits per heavy atom. The van der Waals surface area contributed by atoms with Crippen molar-refractivity contribution in [2.75, 3.05) is 26.2 Å². The topological polar surface area (TPSA) is 78.5 Å². The Morgan fingerprint density at radius 1 is 1.00 bits per heavy atom.